The number of benzene rings is 1. The fraction of sp³-hybridized carbons (Fsp3) is 0.364. The lowest BCUT2D eigenvalue weighted by Gasteiger charge is -2.22. The van der Waals surface area contributed by atoms with Crippen LogP contribution in [0.2, 0.25) is 0 Å². The summed E-state index contributed by atoms with van der Waals surface area (Å²) in [6.07, 6.45) is 0. The molecule has 0 heterocycles. The highest BCUT2D eigenvalue weighted by atomic mass is 31.2. The molecule has 0 saturated heterocycles. The Morgan fingerprint density at radius 1 is 1.12 bits per heavy atom. The predicted molar refractivity (Wildman–Crippen MR) is 62.8 cm³/mol. The van der Waals surface area contributed by atoms with E-state index in [1.165, 1.54) is 21.3 Å². The van der Waals surface area contributed by atoms with E-state index in [0.717, 1.165) is 0 Å². The number of esters is 1. The number of hydrogen-bond acceptors (Lipinski definition) is 5. The summed E-state index contributed by atoms with van der Waals surface area (Å²) in [5.74, 6) is -0.650. The molecule has 0 N–H and O–H groups in total. The largest absolute Gasteiger partial charge is 0.468 e. The first-order valence-electron chi connectivity index (χ1n) is 4.93. The highest BCUT2D eigenvalue weighted by molar-refractivity contribution is 7.55. The van der Waals surface area contributed by atoms with E-state index in [9.17, 15) is 9.36 Å². The van der Waals surface area contributed by atoms with Crippen LogP contribution in [-0.4, -0.2) is 27.3 Å². The first-order valence-corrected chi connectivity index (χ1v) is 6.54. The molecule has 0 aliphatic rings. The molecule has 0 amide bonds. The molecule has 0 bridgehead atoms. The third-order valence-corrected chi connectivity index (χ3v) is 4.52. The molecule has 0 fully saturated rings. The van der Waals surface area contributed by atoms with Crippen molar-refractivity contribution in [2.45, 2.75) is 5.66 Å². The Hall–Kier alpha value is -1.16. The van der Waals surface area contributed by atoms with Gasteiger partial charge in [-0.1, -0.05) is 30.3 Å². The van der Waals surface area contributed by atoms with Crippen molar-refractivity contribution in [3.8, 4) is 0 Å². The van der Waals surface area contributed by atoms with Gasteiger partial charge in [-0.15, -0.1) is 0 Å². The Kier molecular flexibility index (Phi) is 4.87. The summed E-state index contributed by atoms with van der Waals surface area (Å²) in [6, 6.07) is 8.61. The number of carbonyl (C=O) groups is 1. The minimum atomic E-state index is -3.56. The molecule has 0 spiro atoms. The van der Waals surface area contributed by atoms with Crippen LogP contribution in [-0.2, 0) is 23.1 Å². The number of rotatable bonds is 5. The summed E-state index contributed by atoms with van der Waals surface area (Å²) in [4.78, 5) is 11.7. The molecule has 0 aliphatic heterocycles. The van der Waals surface area contributed by atoms with Crippen LogP contribution in [0.5, 0.6) is 0 Å². The monoisotopic (exact) mass is 258 g/mol. The SMILES string of the molecule is COC(=O)[C@@H](c1ccccc1)P(=O)(OC)OC. The molecule has 0 aliphatic carbocycles. The van der Waals surface area contributed by atoms with E-state index in [1.54, 1.807) is 30.3 Å². The topological polar surface area (TPSA) is 61.8 Å². The van der Waals surface area contributed by atoms with Crippen LogP contribution in [0.1, 0.15) is 11.2 Å². The highest BCUT2D eigenvalue weighted by Gasteiger charge is 2.42. The molecule has 17 heavy (non-hydrogen) atoms. The lowest BCUT2D eigenvalue weighted by atomic mass is 10.1. The van der Waals surface area contributed by atoms with Gasteiger partial charge in [0.25, 0.3) is 0 Å². The van der Waals surface area contributed by atoms with Crippen LogP contribution >= 0.6 is 7.60 Å². The van der Waals surface area contributed by atoms with Gasteiger partial charge in [-0.05, 0) is 5.56 Å². The number of hydrogen-bond donors (Lipinski definition) is 0. The smallest absolute Gasteiger partial charge is 0.348 e. The third-order valence-electron chi connectivity index (χ3n) is 2.36. The second-order valence-electron chi connectivity index (χ2n) is 3.24. The van der Waals surface area contributed by atoms with Crippen molar-refractivity contribution in [2.24, 2.45) is 0 Å². The van der Waals surface area contributed by atoms with Crippen molar-refractivity contribution in [3.05, 3.63) is 35.9 Å². The van der Waals surface area contributed by atoms with Crippen molar-refractivity contribution in [3.63, 3.8) is 0 Å². The van der Waals surface area contributed by atoms with Crippen LogP contribution in [0.3, 0.4) is 0 Å². The van der Waals surface area contributed by atoms with Gasteiger partial charge >= 0.3 is 13.6 Å². The van der Waals surface area contributed by atoms with Crippen LogP contribution in [0.4, 0.5) is 0 Å². The van der Waals surface area contributed by atoms with Crippen molar-refractivity contribution in [2.75, 3.05) is 21.3 Å². The number of methoxy groups -OCH3 is 1. The van der Waals surface area contributed by atoms with Crippen LogP contribution in [0.25, 0.3) is 0 Å². The Bertz CT molecular complexity index is 409. The average molecular weight is 258 g/mol. The van der Waals surface area contributed by atoms with Gasteiger partial charge in [0.1, 0.15) is 0 Å². The zero-order valence-corrected chi connectivity index (χ0v) is 10.8. The van der Waals surface area contributed by atoms with E-state index < -0.39 is 19.2 Å². The van der Waals surface area contributed by atoms with Gasteiger partial charge in [-0.25, -0.2) is 0 Å². The summed E-state index contributed by atoms with van der Waals surface area (Å²) in [5, 5.41) is 0. The first-order chi connectivity index (χ1) is 8.09. The van der Waals surface area contributed by atoms with Crippen LogP contribution in [0.15, 0.2) is 30.3 Å². The van der Waals surface area contributed by atoms with Gasteiger partial charge in [0.2, 0.25) is 0 Å². The standard InChI is InChI=1S/C11H15O5P/c1-14-11(12)10(17(13,15-2)16-3)9-7-5-4-6-8-9/h4-8,10H,1-3H3/t10-/m1/s1. The normalized spacial score (nSPS) is 13.1. The van der Waals surface area contributed by atoms with Crippen molar-refractivity contribution in [1.29, 1.82) is 0 Å². The molecule has 0 radical (unpaired) electrons. The summed E-state index contributed by atoms with van der Waals surface area (Å²) >= 11 is 0. The Morgan fingerprint density at radius 2 is 1.65 bits per heavy atom. The maximum Gasteiger partial charge on any atom is 0.348 e. The lowest BCUT2D eigenvalue weighted by Crippen LogP contribution is -2.16. The molecular weight excluding hydrogens is 243 g/mol. The molecule has 1 aromatic rings. The van der Waals surface area contributed by atoms with Crippen LogP contribution < -0.4 is 0 Å². The van der Waals surface area contributed by atoms with E-state index in [2.05, 4.69) is 4.74 Å². The summed E-state index contributed by atoms with van der Waals surface area (Å²) in [7, 11) is 0.148. The Labute approximate surface area is 100 Å². The van der Waals surface area contributed by atoms with Gasteiger partial charge in [-0.3, -0.25) is 9.36 Å². The molecule has 0 saturated carbocycles. The molecule has 5 nitrogen and oxygen atoms in total. The maximum atomic E-state index is 12.3. The first kappa shape index (κ1) is 13.9. The van der Waals surface area contributed by atoms with Crippen molar-refractivity contribution in [1.82, 2.24) is 0 Å². The van der Waals surface area contributed by atoms with E-state index in [4.69, 9.17) is 9.05 Å². The van der Waals surface area contributed by atoms with E-state index >= 15 is 0 Å². The van der Waals surface area contributed by atoms with Gasteiger partial charge in [-0.2, -0.15) is 0 Å². The minimum absolute atomic E-state index is 0.534. The zero-order valence-electron chi connectivity index (χ0n) is 9.95. The Morgan fingerprint density at radius 3 is 2.06 bits per heavy atom. The minimum Gasteiger partial charge on any atom is -0.468 e. The fourth-order valence-electron chi connectivity index (χ4n) is 1.48. The van der Waals surface area contributed by atoms with E-state index in [-0.39, 0.29) is 0 Å². The molecule has 0 unspecified atom stereocenters. The van der Waals surface area contributed by atoms with E-state index in [0.29, 0.717) is 5.56 Å². The second-order valence-corrected chi connectivity index (χ2v) is 5.57. The van der Waals surface area contributed by atoms with Gasteiger partial charge in [0, 0.05) is 14.2 Å². The highest BCUT2D eigenvalue weighted by Crippen LogP contribution is 2.60. The molecule has 6 heteroatoms. The molecule has 0 aromatic heterocycles. The number of ether oxygens (including phenoxy) is 1. The number of carbonyl (C=O) groups excluding carboxylic acids is 1. The third kappa shape index (κ3) is 2.94. The van der Waals surface area contributed by atoms with E-state index in [1.807, 2.05) is 0 Å². The second kappa shape index (κ2) is 5.96. The quantitative estimate of drug-likeness (QED) is 0.599. The zero-order chi connectivity index (χ0) is 12.9. The molecule has 1 aromatic carbocycles. The van der Waals surface area contributed by atoms with Crippen molar-refractivity contribution < 1.29 is 23.1 Å². The summed E-state index contributed by atoms with van der Waals surface area (Å²) in [6.45, 7) is 0. The molecule has 1 atom stereocenters. The predicted octanol–water partition coefficient (Wildman–Crippen LogP) is 2.39. The Balaban J connectivity index is 3.23. The van der Waals surface area contributed by atoms with Crippen LogP contribution in [0, 0.1) is 0 Å². The molecular formula is C11H15O5P. The fourth-order valence-corrected chi connectivity index (χ4v) is 2.95. The maximum absolute atomic E-state index is 12.3. The van der Waals surface area contributed by atoms with Crippen molar-refractivity contribution >= 4 is 13.6 Å². The van der Waals surface area contributed by atoms with Gasteiger partial charge in [0.15, 0.2) is 5.66 Å². The van der Waals surface area contributed by atoms with Gasteiger partial charge in [0.05, 0.1) is 7.11 Å². The summed E-state index contributed by atoms with van der Waals surface area (Å²) < 4.78 is 26.7. The molecule has 94 valence electrons. The summed E-state index contributed by atoms with van der Waals surface area (Å²) in [5.41, 5.74) is -0.532. The van der Waals surface area contributed by atoms with Gasteiger partial charge < -0.3 is 13.8 Å². The average Bonchev–Trinajstić information content (AvgIpc) is 2.39. The molecule has 1 rings (SSSR count). The lowest BCUT2D eigenvalue weighted by molar-refractivity contribution is -0.140.